The van der Waals surface area contributed by atoms with Crippen molar-refractivity contribution in [3.05, 3.63) is 80.5 Å². The minimum Gasteiger partial charge on any atom is -0.465 e. The molecule has 1 aliphatic heterocycles. The highest BCUT2D eigenvalue weighted by molar-refractivity contribution is 6.33. The lowest BCUT2D eigenvalue weighted by molar-refractivity contribution is 0.0218. The monoisotopic (exact) mass is 663 g/mol. The van der Waals surface area contributed by atoms with E-state index in [-0.39, 0.29) is 33.9 Å². The molecule has 0 N–H and O–H groups in total. The molecule has 5 rings (SSSR count). The number of methoxy groups -OCH3 is 1. The Hall–Kier alpha value is -4.51. The van der Waals surface area contributed by atoms with Gasteiger partial charge in [0, 0.05) is 31.2 Å². The molecule has 3 heterocycles. The van der Waals surface area contributed by atoms with Crippen LogP contribution in [0, 0.1) is 12.7 Å². The number of rotatable bonds is 5. The number of amides is 1. The summed E-state index contributed by atoms with van der Waals surface area (Å²) in [7, 11) is 1.31. The molecular weight excluding hydrogens is 625 g/mol. The Morgan fingerprint density at radius 3 is 2.40 bits per heavy atom. The summed E-state index contributed by atoms with van der Waals surface area (Å²) in [6, 6.07) is 10.9. The fraction of sp³-hybridized carbons (Fsp3) is 0.400. The Kier molecular flexibility index (Phi) is 9.32. The van der Waals surface area contributed by atoms with Crippen molar-refractivity contribution in [2.45, 2.75) is 66.0 Å². The number of hydrogen-bond acceptors (Lipinski definition) is 8. The van der Waals surface area contributed by atoms with Gasteiger partial charge in [-0.3, -0.25) is 0 Å². The van der Waals surface area contributed by atoms with Crippen molar-refractivity contribution in [3.8, 4) is 16.9 Å². The van der Waals surface area contributed by atoms with Gasteiger partial charge in [-0.25, -0.2) is 28.3 Å². The second-order valence-corrected chi connectivity index (χ2v) is 13.5. The first kappa shape index (κ1) is 33.8. The Bertz CT molecular complexity index is 1940. The number of piperazine rings is 1. The first-order valence-electron chi connectivity index (χ1n) is 15.5. The number of nitrogens with zero attached hydrogens (tertiary/aromatic N) is 5. The van der Waals surface area contributed by atoms with Crippen LogP contribution in [0.15, 0.2) is 47.3 Å². The highest BCUT2D eigenvalue weighted by Gasteiger charge is 2.33. The van der Waals surface area contributed by atoms with Crippen molar-refractivity contribution in [2.24, 2.45) is 0 Å². The highest BCUT2D eigenvalue weighted by Crippen LogP contribution is 2.37. The van der Waals surface area contributed by atoms with Gasteiger partial charge in [0.2, 0.25) is 0 Å². The number of carbonyl (C=O) groups is 2. The average molecular weight is 664 g/mol. The highest BCUT2D eigenvalue weighted by atomic mass is 35.5. The SMILES string of the molecule is COC(=O)c1cc(C)c(-n2c(=O)nc(N3CCN(C(=O)OC(C)(C)C)C[C@@H]3C)c3cc(Cl)c(-c4ccccc4F)nc32)c(C(C)C)c1. The van der Waals surface area contributed by atoms with E-state index >= 15 is 4.39 Å². The van der Waals surface area contributed by atoms with E-state index in [2.05, 4.69) is 4.98 Å². The summed E-state index contributed by atoms with van der Waals surface area (Å²) in [4.78, 5) is 52.7. The fourth-order valence-corrected chi connectivity index (χ4v) is 6.17. The predicted octanol–water partition coefficient (Wildman–Crippen LogP) is 6.90. The zero-order chi connectivity index (χ0) is 34.4. The molecule has 10 nitrogen and oxygen atoms in total. The lowest BCUT2D eigenvalue weighted by Crippen LogP contribution is -2.55. The van der Waals surface area contributed by atoms with Gasteiger partial charge in [0.15, 0.2) is 5.65 Å². The van der Waals surface area contributed by atoms with Crippen molar-refractivity contribution < 1.29 is 23.5 Å². The maximum atomic E-state index is 15.1. The minimum absolute atomic E-state index is 0.116. The smallest absolute Gasteiger partial charge is 0.410 e. The molecular formula is C35H39ClFN5O5. The van der Waals surface area contributed by atoms with E-state index in [9.17, 15) is 14.4 Å². The van der Waals surface area contributed by atoms with Crippen LogP contribution >= 0.6 is 11.6 Å². The normalized spacial score (nSPS) is 15.3. The number of halogens is 2. The number of carbonyl (C=O) groups excluding carboxylic acids is 2. The third-order valence-corrected chi connectivity index (χ3v) is 8.37. The van der Waals surface area contributed by atoms with Crippen LogP contribution in [-0.2, 0) is 9.47 Å². The molecule has 47 heavy (non-hydrogen) atoms. The molecule has 1 atom stereocenters. The number of aromatic nitrogens is 3. The number of esters is 1. The van der Waals surface area contributed by atoms with Crippen molar-refractivity contribution in [1.82, 2.24) is 19.4 Å². The fourth-order valence-electron chi connectivity index (χ4n) is 5.92. The molecule has 4 aromatic rings. The molecule has 2 aromatic heterocycles. The summed E-state index contributed by atoms with van der Waals surface area (Å²) in [5.41, 5.74) is 1.50. The lowest BCUT2D eigenvalue weighted by Gasteiger charge is -2.41. The molecule has 0 spiro atoms. The van der Waals surface area contributed by atoms with Crippen LogP contribution in [0.2, 0.25) is 5.02 Å². The molecule has 0 radical (unpaired) electrons. The Morgan fingerprint density at radius 2 is 1.79 bits per heavy atom. The largest absolute Gasteiger partial charge is 0.465 e. The van der Waals surface area contributed by atoms with Gasteiger partial charge < -0.3 is 19.3 Å². The minimum atomic E-state index is -0.639. The topological polar surface area (TPSA) is 107 Å². The summed E-state index contributed by atoms with van der Waals surface area (Å²) in [5.74, 6) is -0.785. The van der Waals surface area contributed by atoms with E-state index in [1.807, 2.05) is 46.4 Å². The molecule has 1 aliphatic rings. The van der Waals surface area contributed by atoms with Crippen LogP contribution in [0.1, 0.15) is 68.9 Å². The van der Waals surface area contributed by atoms with Crippen LogP contribution < -0.4 is 10.6 Å². The zero-order valence-corrected chi connectivity index (χ0v) is 28.6. The number of ether oxygens (including phenoxy) is 2. The molecule has 1 saturated heterocycles. The lowest BCUT2D eigenvalue weighted by atomic mass is 9.95. The van der Waals surface area contributed by atoms with Crippen LogP contribution in [0.3, 0.4) is 0 Å². The van der Waals surface area contributed by atoms with Crippen molar-refractivity contribution in [3.63, 3.8) is 0 Å². The molecule has 12 heteroatoms. The maximum Gasteiger partial charge on any atom is 0.410 e. The average Bonchev–Trinajstić information content (AvgIpc) is 3.00. The van der Waals surface area contributed by atoms with Gasteiger partial charge in [-0.05, 0) is 82.0 Å². The Balaban J connectivity index is 1.75. The quantitative estimate of drug-likeness (QED) is 0.212. The summed E-state index contributed by atoms with van der Waals surface area (Å²) in [6.45, 7) is 14.1. The van der Waals surface area contributed by atoms with Crippen molar-refractivity contribution >= 4 is 40.5 Å². The van der Waals surface area contributed by atoms with E-state index < -0.39 is 29.2 Å². The van der Waals surface area contributed by atoms with Crippen LogP contribution in [-0.4, -0.2) is 69.9 Å². The van der Waals surface area contributed by atoms with Crippen LogP contribution in [0.25, 0.3) is 28.0 Å². The second kappa shape index (κ2) is 12.9. The van der Waals surface area contributed by atoms with Gasteiger partial charge in [0.25, 0.3) is 0 Å². The van der Waals surface area contributed by atoms with E-state index in [0.29, 0.717) is 53.2 Å². The molecule has 1 fully saturated rings. The number of hydrogen-bond donors (Lipinski definition) is 0. The van der Waals surface area contributed by atoms with E-state index in [1.54, 1.807) is 48.2 Å². The first-order chi connectivity index (χ1) is 22.1. The number of fused-ring (bicyclic) bond motifs is 1. The number of benzene rings is 2. The standard InChI is InChI=1S/C35H39ClFN5O5/c1-19(2)24-16-22(32(43)46-8)15-20(3)29(24)42-31-25(17-26(36)28(38-31)23-11-9-10-12-27(23)37)30(39-33(42)44)41-14-13-40(18-21(41)4)34(45)47-35(5,6)7/h9-12,15-17,19,21H,13-14,18H2,1-8H3/t21-/m0/s1. The van der Waals surface area contributed by atoms with Gasteiger partial charge in [0.05, 0.1) is 34.5 Å². The van der Waals surface area contributed by atoms with Gasteiger partial charge in [-0.2, -0.15) is 4.98 Å². The van der Waals surface area contributed by atoms with Gasteiger partial charge >= 0.3 is 17.8 Å². The van der Waals surface area contributed by atoms with Crippen molar-refractivity contribution in [1.29, 1.82) is 0 Å². The van der Waals surface area contributed by atoms with Crippen LogP contribution in [0.5, 0.6) is 0 Å². The summed E-state index contributed by atoms with van der Waals surface area (Å²) >= 11 is 6.82. The van der Waals surface area contributed by atoms with Gasteiger partial charge in [-0.1, -0.05) is 37.6 Å². The number of pyridine rings is 1. The second-order valence-electron chi connectivity index (χ2n) is 13.1. The molecule has 2 aromatic carbocycles. The maximum absolute atomic E-state index is 15.1. The van der Waals surface area contributed by atoms with E-state index in [0.717, 1.165) is 0 Å². The third-order valence-electron chi connectivity index (χ3n) is 8.08. The number of anilines is 1. The third kappa shape index (κ3) is 6.67. The Morgan fingerprint density at radius 1 is 1.09 bits per heavy atom. The van der Waals surface area contributed by atoms with Crippen LogP contribution in [0.4, 0.5) is 15.0 Å². The summed E-state index contributed by atoms with van der Waals surface area (Å²) in [6.07, 6.45) is -0.413. The molecule has 1 amide bonds. The zero-order valence-electron chi connectivity index (χ0n) is 27.9. The molecule has 0 unspecified atom stereocenters. The Labute approximate surface area is 278 Å². The molecule has 0 bridgehead atoms. The van der Waals surface area contributed by atoms with E-state index in [4.69, 9.17) is 26.1 Å². The van der Waals surface area contributed by atoms with E-state index in [1.165, 1.54) is 17.7 Å². The first-order valence-corrected chi connectivity index (χ1v) is 15.8. The summed E-state index contributed by atoms with van der Waals surface area (Å²) in [5, 5.41) is 0.649. The summed E-state index contributed by atoms with van der Waals surface area (Å²) < 4.78 is 27.1. The van der Waals surface area contributed by atoms with Gasteiger partial charge in [-0.15, -0.1) is 0 Å². The number of aryl methyl sites for hydroxylation is 1. The molecule has 0 aliphatic carbocycles. The molecule has 0 saturated carbocycles. The van der Waals surface area contributed by atoms with Crippen molar-refractivity contribution in [2.75, 3.05) is 31.6 Å². The molecule has 248 valence electrons. The predicted molar refractivity (Wildman–Crippen MR) is 180 cm³/mol. The van der Waals surface area contributed by atoms with Gasteiger partial charge in [0.1, 0.15) is 17.2 Å².